The van der Waals surface area contributed by atoms with E-state index >= 15 is 0 Å². The van der Waals surface area contributed by atoms with E-state index in [1.165, 1.54) is 24.2 Å². The van der Waals surface area contributed by atoms with E-state index in [0.717, 1.165) is 40.7 Å². The number of aromatic nitrogens is 2. The van der Waals surface area contributed by atoms with Crippen molar-refractivity contribution in [3.05, 3.63) is 58.7 Å². The predicted octanol–water partition coefficient (Wildman–Crippen LogP) is 4.86. The SMILES string of the molecule is Cc1cc(-c2csc(NC(=O)c3ccncc3)n2)cc(C)c1OCC1CC1. The summed E-state index contributed by atoms with van der Waals surface area (Å²) < 4.78 is 6.01. The molecule has 1 amide bonds. The van der Waals surface area contributed by atoms with Crippen molar-refractivity contribution in [2.45, 2.75) is 26.7 Å². The molecule has 0 radical (unpaired) electrons. The summed E-state index contributed by atoms with van der Waals surface area (Å²) >= 11 is 1.42. The highest BCUT2D eigenvalue weighted by Gasteiger charge is 2.22. The second-order valence-corrected chi connectivity index (χ2v) is 7.78. The smallest absolute Gasteiger partial charge is 0.257 e. The Morgan fingerprint density at radius 2 is 1.93 bits per heavy atom. The first-order chi connectivity index (χ1) is 13.1. The number of ether oxygens (including phenoxy) is 1. The number of thiazole rings is 1. The highest BCUT2D eigenvalue weighted by atomic mass is 32.1. The van der Waals surface area contributed by atoms with Crippen LogP contribution in [-0.4, -0.2) is 22.5 Å². The van der Waals surface area contributed by atoms with Crippen molar-refractivity contribution >= 4 is 22.4 Å². The number of rotatable bonds is 6. The molecule has 5 nitrogen and oxygen atoms in total. The second-order valence-electron chi connectivity index (χ2n) is 6.92. The van der Waals surface area contributed by atoms with Gasteiger partial charge in [-0.25, -0.2) is 4.98 Å². The zero-order valence-corrected chi connectivity index (χ0v) is 16.2. The Morgan fingerprint density at radius 1 is 1.22 bits per heavy atom. The van der Waals surface area contributed by atoms with Crippen LogP contribution in [0.4, 0.5) is 5.13 Å². The molecule has 3 aromatic rings. The van der Waals surface area contributed by atoms with Crippen molar-refractivity contribution in [2.24, 2.45) is 5.92 Å². The molecule has 0 aliphatic heterocycles. The molecule has 27 heavy (non-hydrogen) atoms. The van der Waals surface area contributed by atoms with Crippen LogP contribution in [0.25, 0.3) is 11.3 Å². The van der Waals surface area contributed by atoms with Crippen LogP contribution in [0.1, 0.15) is 34.3 Å². The molecular weight excluding hydrogens is 358 g/mol. The minimum absolute atomic E-state index is 0.186. The van der Waals surface area contributed by atoms with Gasteiger partial charge < -0.3 is 4.74 Å². The van der Waals surface area contributed by atoms with Gasteiger partial charge in [-0.1, -0.05) is 0 Å². The molecule has 138 valence electrons. The van der Waals surface area contributed by atoms with Crippen molar-refractivity contribution in [3.63, 3.8) is 0 Å². The minimum atomic E-state index is -0.186. The van der Waals surface area contributed by atoms with E-state index in [9.17, 15) is 4.79 Å². The third-order valence-corrected chi connectivity index (χ3v) is 5.34. The van der Waals surface area contributed by atoms with Gasteiger partial charge in [0.25, 0.3) is 5.91 Å². The summed E-state index contributed by atoms with van der Waals surface area (Å²) in [6, 6.07) is 7.55. The number of anilines is 1. The molecule has 1 fully saturated rings. The molecule has 2 heterocycles. The first-order valence-electron chi connectivity index (χ1n) is 9.01. The molecule has 4 rings (SSSR count). The normalized spacial score (nSPS) is 13.4. The van der Waals surface area contributed by atoms with Crippen LogP contribution in [0, 0.1) is 19.8 Å². The Bertz CT molecular complexity index is 942. The van der Waals surface area contributed by atoms with Crippen molar-refractivity contribution < 1.29 is 9.53 Å². The molecule has 1 aromatic carbocycles. The molecule has 1 aliphatic carbocycles. The number of hydrogen-bond acceptors (Lipinski definition) is 5. The van der Waals surface area contributed by atoms with Gasteiger partial charge in [0.2, 0.25) is 0 Å². The number of nitrogens with one attached hydrogen (secondary N) is 1. The van der Waals surface area contributed by atoms with Crippen molar-refractivity contribution in [1.82, 2.24) is 9.97 Å². The van der Waals surface area contributed by atoms with Crippen molar-refractivity contribution in [2.75, 3.05) is 11.9 Å². The van der Waals surface area contributed by atoms with Crippen LogP contribution in [0.15, 0.2) is 42.0 Å². The zero-order chi connectivity index (χ0) is 18.8. The van der Waals surface area contributed by atoms with Crippen LogP contribution < -0.4 is 10.1 Å². The van der Waals surface area contributed by atoms with E-state index in [0.29, 0.717) is 10.7 Å². The first kappa shape index (κ1) is 17.7. The van der Waals surface area contributed by atoms with E-state index in [4.69, 9.17) is 4.74 Å². The Morgan fingerprint density at radius 3 is 2.59 bits per heavy atom. The summed E-state index contributed by atoms with van der Waals surface area (Å²) in [5.41, 5.74) is 4.67. The molecule has 1 saturated carbocycles. The van der Waals surface area contributed by atoms with Crippen LogP contribution >= 0.6 is 11.3 Å². The van der Waals surface area contributed by atoms with Gasteiger partial charge in [0.05, 0.1) is 12.3 Å². The summed E-state index contributed by atoms with van der Waals surface area (Å²) in [6.45, 7) is 4.94. The quantitative estimate of drug-likeness (QED) is 0.664. The average Bonchev–Trinajstić information content (AvgIpc) is 3.38. The van der Waals surface area contributed by atoms with E-state index in [2.05, 4.69) is 41.3 Å². The van der Waals surface area contributed by atoms with Crippen LogP contribution in [0.2, 0.25) is 0 Å². The third-order valence-electron chi connectivity index (χ3n) is 4.58. The number of nitrogens with zero attached hydrogens (tertiary/aromatic N) is 2. The minimum Gasteiger partial charge on any atom is -0.493 e. The highest BCUT2D eigenvalue weighted by Crippen LogP contribution is 2.34. The van der Waals surface area contributed by atoms with E-state index < -0.39 is 0 Å². The molecule has 0 unspecified atom stereocenters. The van der Waals surface area contributed by atoms with Crippen LogP contribution in [-0.2, 0) is 0 Å². The Labute approximate surface area is 162 Å². The van der Waals surface area contributed by atoms with E-state index in [-0.39, 0.29) is 5.91 Å². The molecular formula is C21H21N3O2S. The summed E-state index contributed by atoms with van der Waals surface area (Å²) in [5, 5.41) is 5.38. The summed E-state index contributed by atoms with van der Waals surface area (Å²) in [5.74, 6) is 1.52. The first-order valence-corrected chi connectivity index (χ1v) is 9.89. The van der Waals surface area contributed by atoms with E-state index in [1.54, 1.807) is 24.5 Å². The summed E-state index contributed by atoms with van der Waals surface area (Å²) in [4.78, 5) is 20.8. The maximum Gasteiger partial charge on any atom is 0.257 e. The number of pyridine rings is 1. The Kier molecular flexibility index (Phi) is 4.90. The lowest BCUT2D eigenvalue weighted by molar-refractivity contribution is 0.102. The molecule has 0 bridgehead atoms. The Hall–Kier alpha value is -2.73. The standard InChI is InChI=1S/C21H21N3O2S/c1-13-9-17(10-14(2)19(13)26-11-15-3-4-15)18-12-27-21(23-18)24-20(25)16-5-7-22-8-6-16/h5-10,12,15H,3-4,11H2,1-2H3,(H,23,24,25). The number of carbonyl (C=O) groups excluding carboxylic acids is 1. The highest BCUT2D eigenvalue weighted by molar-refractivity contribution is 7.14. The average molecular weight is 379 g/mol. The van der Waals surface area contributed by atoms with Crippen molar-refractivity contribution in [1.29, 1.82) is 0 Å². The Balaban J connectivity index is 1.50. The monoisotopic (exact) mass is 379 g/mol. The molecule has 0 spiro atoms. The van der Waals surface area contributed by atoms with Crippen LogP contribution in [0.3, 0.4) is 0 Å². The van der Waals surface area contributed by atoms with Gasteiger partial charge in [-0.05, 0) is 68.0 Å². The number of carbonyl (C=O) groups is 1. The lowest BCUT2D eigenvalue weighted by Gasteiger charge is -2.13. The number of hydrogen-bond donors (Lipinski definition) is 1. The fourth-order valence-corrected chi connectivity index (χ4v) is 3.66. The molecule has 0 atom stereocenters. The lowest BCUT2D eigenvalue weighted by atomic mass is 10.0. The van der Waals surface area contributed by atoms with Gasteiger partial charge in [0, 0.05) is 28.9 Å². The van der Waals surface area contributed by atoms with Crippen LogP contribution in [0.5, 0.6) is 5.75 Å². The largest absolute Gasteiger partial charge is 0.493 e. The fourth-order valence-electron chi connectivity index (χ4n) is 2.95. The maximum absolute atomic E-state index is 12.3. The second kappa shape index (κ2) is 7.48. The summed E-state index contributed by atoms with van der Waals surface area (Å²) in [7, 11) is 0. The molecule has 2 aromatic heterocycles. The predicted molar refractivity (Wildman–Crippen MR) is 107 cm³/mol. The zero-order valence-electron chi connectivity index (χ0n) is 15.4. The van der Waals surface area contributed by atoms with Gasteiger partial charge in [-0.3, -0.25) is 15.1 Å². The van der Waals surface area contributed by atoms with Crippen molar-refractivity contribution in [3.8, 4) is 17.0 Å². The van der Waals surface area contributed by atoms with Gasteiger partial charge in [-0.2, -0.15) is 0 Å². The summed E-state index contributed by atoms with van der Waals surface area (Å²) in [6.07, 6.45) is 5.76. The lowest BCUT2D eigenvalue weighted by Crippen LogP contribution is -2.11. The molecule has 1 N–H and O–H groups in total. The number of amides is 1. The van der Waals surface area contributed by atoms with Gasteiger partial charge in [-0.15, -0.1) is 11.3 Å². The topological polar surface area (TPSA) is 64.1 Å². The maximum atomic E-state index is 12.3. The van der Waals surface area contributed by atoms with Gasteiger partial charge >= 0.3 is 0 Å². The van der Waals surface area contributed by atoms with Gasteiger partial charge in [0.1, 0.15) is 5.75 Å². The number of benzene rings is 1. The fraction of sp³-hybridized carbons (Fsp3) is 0.286. The molecule has 0 saturated heterocycles. The third kappa shape index (κ3) is 4.17. The van der Waals surface area contributed by atoms with Gasteiger partial charge in [0.15, 0.2) is 5.13 Å². The molecule has 1 aliphatic rings. The van der Waals surface area contributed by atoms with E-state index in [1.807, 2.05) is 5.38 Å². The molecule has 6 heteroatoms. The number of aryl methyl sites for hydroxylation is 2.